The first-order chi connectivity index (χ1) is 19.9. The molecule has 0 unspecified atom stereocenters. The fourth-order valence-corrected chi connectivity index (χ4v) is 6.29. The predicted molar refractivity (Wildman–Crippen MR) is 168 cm³/mol. The van der Waals surface area contributed by atoms with Gasteiger partial charge in [-0.05, 0) is 92.4 Å². The van der Waals surface area contributed by atoms with Gasteiger partial charge in [0.05, 0.1) is 5.69 Å². The second kappa shape index (κ2) is 9.63. The number of hydrogen-bond acceptors (Lipinski definition) is 7. The number of rotatable bonds is 4. The summed E-state index contributed by atoms with van der Waals surface area (Å²) in [5, 5.41) is 0. The average molecular weight is 540 g/mol. The molecule has 3 aromatic carbocycles. The predicted octanol–water partition coefficient (Wildman–Crippen LogP) is 7.73. The van der Waals surface area contributed by atoms with Crippen molar-refractivity contribution in [2.75, 3.05) is 26.6 Å². The quantitative estimate of drug-likeness (QED) is 0.232. The molecule has 0 saturated carbocycles. The minimum absolute atomic E-state index is 0.0650. The summed E-state index contributed by atoms with van der Waals surface area (Å²) >= 11 is 0. The van der Waals surface area contributed by atoms with E-state index in [4.69, 9.17) is 4.98 Å². The van der Waals surface area contributed by atoms with Gasteiger partial charge in [0.1, 0.15) is 12.3 Å². The standard InChI is InChI=1S/C34H33N7/c1-22-10-6-7-13-29(22)41-25(4)39(31-14-9-17-35-32(31)41)28-12-8-11-26(21-28)27-15-16-30(23(2)20-27)40-24(3)38(5)33-34(40)37-19-18-36-33/h6-21,24-25H,1-5H3/t24-,25-/m0/s1. The van der Waals surface area contributed by atoms with Crippen LogP contribution in [-0.2, 0) is 0 Å². The number of benzene rings is 3. The van der Waals surface area contributed by atoms with Gasteiger partial charge in [-0.1, -0.05) is 36.4 Å². The van der Waals surface area contributed by atoms with Gasteiger partial charge in [0.15, 0.2) is 17.5 Å². The molecule has 0 bridgehead atoms. The zero-order valence-corrected chi connectivity index (χ0v) is 24.0. The van der Waals surface area contributed by atoms with Gasteiger partial charge in [-0.25, -0.2) is 15.0 Å². The Morgan fingerprint density at radius 1 is 0.537 bits per heavy atom. The highest BCUT2D eigenvalue weighted by Gasteiger charge is 2.37. The van der Waals surface area contributed by atoms with Crippen LogP contribution in [0.25, 0.3) is 11.1 Å². The lowest BCUT2D eigenvalue weighted by Crippen LogP contribution is -2.36. The summed E-state index contributed by atoms with van der Waals surface area (Å²) < 4.78 is 0. The highest BCUT2D eigenvalue weighted by Crippen LogP contribution is 2.47. The Labute approximate surface area is 241 Å². The van der Waals surface area contributed by atoms with Gasteiger partial charge in [-0.2, -0.15) is 0 Å². The Kier molecular flexibility index (Phi) is 5.89. The molecule has 2 aliphatic rings. The van der Waals surface area contributed by atoms with Crippen molar-refractivity contribution >= 4 is 40.2 Å². The van der Waals surface area contributed by atoms with Crippen LogP contribution in [0.2, 0.25) is 0 Å². The lowest BCUT2D eigenvalue weighted by atomic mass is 10.0. The van der Waals surface area contributed by atoms with Gasteiger partial charge in [0.25, 0.3) is 0 Å². The monoisotopic (exact) mass is 539 g/mol. The van der Waals surface area contributed by atoms with Crippen LogP contribution in [0.4, 0.5) is 40.2 Å². The van der Waals surface area contributed by atoms with Crippen molar-refractivity contribution in [1.82, 2.24) is 15.0 Å². The molecular formula is C34H33N7. The van der Waals surface area contributed by atoms with Crippen molar-refractivity contribution < 1.29 is 0 Å². The van der Waals surface area contributed by atoms with Crippen LogP contribution in [0.15, 0.2) is 97.5 Å². The van der Waals surface area contributed by atoms with Crippen molar-refractivity contribution in [3.05, 3.63) is 109 Å². The molecule has 7 nitrogen and oxygen atoms in total. The fraction of sp³-hybridized carbons (Fsp3) is 0.206. The number of aryl methyl sites for hydroxylation is 2. The van der Waals surface area contributed by atoms with E-state index in [2.05, 4.69) is 137 Å². The lowest BCUT2D eigenvalue weighted by molar-refractivity contribution is 0.726. The number of fused-ring (bicyclic) bond motifs is 2. The summed E-state index contributed by atoms with van der Waals surface area (Å²) in [5.41, 5.74) is 9.36. The molecule has 0 amide bonds. The number of nitrogens with zero attached hydrogens (tertiary/aromatic N) is 7. The molecule has 41 heavy (non-hydrogen) atoms. The zero-order valence-electron chi connectivity index (χ0n) is 24.0. The Morgan fingerprint density at radius 3 is 2.02 bits per heavy atom. The van der Waals surface area contributed by atoms with Gasteiger partial charge < -0.3 is 19.6 Å². The Balaban J connectivity index is 1.25. The highest BCUT2D eigenvalue weighted by atomic mass is 15.5. The zero-order chi connectivity index (χ0) is 28.2. The molecule has 7 rings (SSSR count). The third-order valence-corrected chi connectivity index (χ3v) is 8.45. The van der Waals surface area contributed by atoms with Gasteiger partial charge in [0.2, 0.25) is 0 Å². The summed E-state index contributed by atoms with van der Waals surface area (Å²) in [6.07, 6.45) is 5.59. The molecule has 2 atom stereocenters. The maximum absolute atomic E-state index is 4.82. The van der Waals surface area contributed by atoms with Gasteiger partial charge in [-0.15, -0.1) is 0 Å². The Morgan fingerprint density at radius 2 is 1.22 bits per heavy atom. The molecular weight excluding hydrogens is 506 g/mol. The van der Waals surface area contributed by atoms with Gasteiger partial charge in [-0.3, -0.25) is 0 Å². The third-order valence-electron chi connectivity index (χ3n) is 8.45. The number of hydrogen-bond donors (Lipinski definition) is 0. The van der Waals surface area contributed by atoms with Crippen LogP contribution in [0, 0.1) is 13.8 Å². The summed E-state index contributed by atoms with van der Waals surface area (Å²) in [6, 6.07) is 28.2. The molecule has 0 aliphatic carbocycles. The SMILES string of the molecule is Cc1ccccc1N1c2ncccc2N(c2cccc(-c3ccc(N4c5nccnc5N(C)[C@@H]4C)c(C)c3)c2)[C@@H]1C. The van der Waals surface area contributed by atoms with Crippen LogP contribution >= 0.6 is 0 Å². The highest BCUT2D eigenvalue weighted by molar-refractivity contribution is 5.88. The van der Waals surface area contributed by atoms with E-state index in [-0.39, 0.29) is 12.3 Å². The van der Waals surface area contributed by atoms with E-state index in [1.165, 1.54) is 27.9 Å². The molecule has 5 aromatic rings. The first kappa shape index (κ1) is 25.1. The van der Waals surface area contributed by atoms with Crippen LogP contribution in [0.5, 0.6) is 0 Å². The molecule has 4 heterocycles. The van der Waals surface area contributed by atoms with Crippen molar-refractivity contribution in [1.29, 1.82) is 0 Å². The van der Waals surface area contributed by atoms with E-state index in [0.717, 1.165) is 34.5 Å². The molecule has 2 aromatic heterocycles. The first-order valence-electron chi connectivity index (χ1n) is 14.1. The van der Waals surface area contributed by atoms with Crippen LogP contribution < -0.4 is 19.6 Å². The Bertz CT molecular complexity index is 1770. The third kappa shape index (κ3) is 3.91. The van der Waals surface area contributed by atoms with E-state index in [1.807, 2.05) is 12.3 Å². The minimum atomic E-state index is 0.0650. The van der Waals surface area contributed by atoms with E-state index in [9.17, 15) is 0 Å². The number of para-hydroxylation sites is 1. The maximum atomic E-state index is 4.82. The van der Waals surface area contributed by atoms with Crippen LogP contribution in [-0.4, -0.2) is 34.3 Å². The smallest absolute Gasteiger partial charge is 0.178 e. The molecule has 7 heteroatoms. The molecule has 0 saturated heterocycles. The molecule has 0 N–H and O–H groups in total. The largest absolute Gasteiger partial charge is 0.336 e. The van der Waals surface area contributed by atoms with E-state index in [0.29, 0.717) is 0 Å². The molecule has 204 valence electrons. The van der Waals surface area contributed by atoms with Crippen LogP contribution in [0.1, 0.15) is 25.0 Å². The van der Waals surface area contributed by atoms with Crippen molar-refractivity contribution in [3.63, 3.8) is 0 Å². The minimum Gasteiger partial charge on any atom is -0.336 e. The number of pyridine rings is 1. The normalized spacial score (nSPS) is 17.7. The van der Waals surface area contributed by atoms with Gasteiger partial charge >= 0.3 is 0 Å². The summed E-state index contributed by atoms with van der Waals surface area (Å²) in [5.74, 6) is 2.78. The van der Waals surface area contributed by atoms with E-state index in [1.54, 1.807) is 12.4 Å². The second-order valence-corrected chi connectivity index (χ2v) is 10.9. The summed E-state index contributed by atoms with van der Waals surface area (Å²) in [7, 11) is 2.07. The van der Waals surface area contributed by atoms with Crippen LogP contribution in [0.3, 0.4) is 0 Å². The molecule has 0 spiro atoms. The van der Waals surface area contributed by atoms with E-state index < -0.39 is 0 Å². The number of aromatic nitrogens is 3. The molecule has 0 fully saturated rings. The maximum Gasteiger partial charge on any atom is 0.178 e. The van der Waals surface area contributed by atoms with E-state index >= 15 is 0 Å². The molecule has 2 aliphatic heterocycles. The average Bonchev–Trinajstić information content (AvgIpc) is 3.43. The fourth-order valence-electron chi connectivity index (χ4n) is 6.29. The second-order valence-electron chi connectivity index (χ2n) is 10.9. The summed E-state index contributed by atoms with van der Waals surface area (Å²) in [4.78, 5) is 23.2. The number of anilines is 7. The topological polar surface area (TPSA) is 51.6 Å². The summed E-state index contributed by atoms with van der Waals surface area (Å²) in [6.45, 7) is 8.76. The molecule has 0 radical (unpaired) electrons. The van der Waals surface area contributed by atoms with Crippen molar-refractivity contribution in [3.8, 4) is 11.1 Å². The van der Waals surface area contributed by atoms with Crippen molar-refractivity contribution in [2.24, 2.45) is 0 Å². The first-order valence-corrected chi connectivity index (χ1v) is 14.1. The van der Waals surface area contributed by atoms with Crippen molar-refractivity contribution in [2.45, 2.75) is 40.0 Å². The lowest BCUT2D eigenvalue weighted by Gasteiger charge is -2.31. The Hall–Kier alpha value is -4.91. The van der Waals surface area contributed by atoms with Gasteiger partial charge in [0, 0.05) is 42.7 Å².